The topological polar surface area (TPSA) is 87.5 Å². The van der Waals surface area contributed by atoms with Crippen molar-refractivity contribution in [1.29, 1.82) is 0 Å². The zero-order chi connectivity index (χ0) is 14.5. The fourth-order valence-corrected chi connectivity index (χ4v) is 2.14. The Labute approximate surface area is 117 Å². The van der Waals surface area contributed by atoms with Crippen LogP contribution in [-0.4, -0.2) is 48.0 Å². The molecule has 2 N–H and O–H groups in total. The van der Waals surface area contributed by atoms with Crippen LogP contribution in [0.5, 0.6) is 0 Å². The Bertz CT molecular complexity index is 502. The summed E-state index contributed by atoms with van der Waals surface area (Å²) in [5.41, 5.74) is 0.152. The van der Waals surface area contributed by atoms with E-state index < -0.39 is 4.92 Å². The molecule has 0 aromatic heterocycles. The number of benzene rings is 1. The van der Waals surface area contributed by atoms with Crippen molar-refractivity contribution in [1.82, 2.24) is 10.2 Å². The lowest BCUT2D eigenvalue weighted by atomic mass is 10.1. The minimum absolute atomic E-state index is 0.0887. The number of amides is 1. The van der Waals surface area contributed by atoms with Crippen LogP contribution in [-0.2, 0) is 4.79 Å². The van der Waals surface area contributed by atoms with Gasteiger partial charge in [0.05, 0.1) is 11.5 Å². The van der Waals surface area contributed by atoms with E-state index in [1.807, 2.05) is 6.92 Å². The third-order valence-corrected chi connectivity index (χ3v) is 3.40. The highest BCUT2D eigenvalue weighted by Gasteiger charge is 2.25. The molecule has 20 heavy (non-hydrogen) atoms. The molecule has 1 fully saturated rings. The second-order valence-corrected chi connectivity index (χ2v) is 4.70. The van der Waals surface area contributed by atoms with E-state index in [-0.39, 0.29) is 23.8 Å². The fraction of sp³-hybridized carbons (Fsp3) is 0.462. The molecular weight excluding hydrogens is 260 g/mol. The zero-order valence-corrected chi connectivity index (χ0v) is 11.3. The van der Waals surface area contributed by atoms with Crippen LogP contribution in [0.15, 0.2) is 24.3 Å². The van der Waals surface area contributed by atoms with Gasteiger partial charge in [0, 0.05) is 25.2 Å². The Kier molecular flexibility index (Phi) is 4.65. The summed E-state index contributed by atoms with van der Waals surface area (Å²) in [7, 11) is 0. The van der Waals surface area contributed by atoms with Crippen LogP contribution in [0.3, 0.4) is 0 Å². The van der Waals surface area contributed by atoms with Gasteiger partial charge in [0.25, 0.3) is 5.69 Å². The minimum Gasteiger partial charge on any atom is -0.319 e. The molecule has 1 heterocycles. The molecule has 0 bridgehead atoms. The van der Waals surface area contributed by atoms with E-state index in [4.69, 9.17) is 0 Å². The first-order valence-corrected chi connectivity index (χ1v) is 6.60. The van der Waals surface area contributed by atoms with Crippen molar-refractivity contribution in [2.45, 2.75) is 13.0 Å². The summed E-state index contributed by atoms with van der Waals surface area (Å²) in [6.07, 6.45) is 0. The van der Waals surface area contributed by atoms with E-state index in [0.717, 1.165) is 19.6 Å². The Hall–Kier alpha value is -1.99. The second-order valence-electron chi connectivity index (χ2n) is 4.70. The molecule has 7 heteroatoms. The number of hydrogen-bond acceptors (Lipinski definition) is 5. The molecule has 1 amide bonds. The predicted molar refractivity (Wildman–Crippen MR) is 75.6 cm³/mol. The maximum Gasteiger partial charge on any atom is 0.292 e. The third-order valence-electron chi connectivity index (χ3n) is 3.40. The molecule has 0 unspecified atom stereocenters. The number of carbonyl (C=O) groups is 1. The van der Waals surface area contributed by atoms with E-state index in [0.29, 0.717) is 6.04 Å². The molecule has 0 radical (unpaired) electrons. The molecule has 0 spiro atoms. The van der Waals surface area contributed by atoms with E-state index in [1.54, 1.807) is 12.1 Å². The Balaban J connectivity index is 1.98. The number of nitro benzene ring substituents is 1. The Morgan fingerprint density at radius 2 is 2.20 bits per heavy atom. The molecule has 2 rings (SSSR count). The van der Waals surface area contributed by atoms with Gasteiger partial charge < -0.3 is 10.6 Å². The summed E-state index contributed by atoms with van der Waals surface area (Å²) in [4.78, 5) is 24.4. The second kappa shape index (κ2) is 6.44. The lowest BCUT2D eigenvalue weighted by Gasteiger charge is -2.37. The van der Waals surface area contributed by atoms with Gasteiger partial charge >= 0.3 is 0 Å². The Morgan fingerprint density at radius 1 is 1.50 bits per heavy atom. The van der Waals surface area contributed by atoms with Gasteiger partial charge in [0.15, 0.2) is 0 Å². The summed E-state index contributed by atoms with van der Waals surface area (Å²) in [5.74, 6) is -0.229. The van der Waals surface area contributed by atoms with E-state index in [9.17, 15) is 14.9 Å². The lowest BCUT2D eigenvalue weighted by Crippen LogP contribution is -2.58. The maximum atomic E-state index is 12.0. The number of rotatable bonds is 6. The molecule has 1 aromatic rings. The fourth-order valence-electron chi connectivity index (χ4n) is 2.14. The number of likely N-dealkylation sites (N-methyl/N-ethyl adjacent to an activating group) is 1. The largest absolute Gasteiger partial charge is 0.319 e. The van der Waals surface area contributed by atoms with Gasteiger partial charge in [-0.15, -0.1) is 0 Å². The van der Waals surface area contributed by atoms with Crippen LogP contribution in [0, 0.1) is 10.1 Å². The highest BCUT2D eigenvalue weighted by atomic mass is 16.6. The number of anilines is 1. The molecule has 1 saturated heterocycles. The van der Waals surface area contributed by atoms with Crippen LogP contribution < -0.4 is 10.6 Å². The zero-order valence-electron chi connectivity index (χ0n) is 11.3. The molecule has 0 atom stereocenters. The highest BCUT2D eigenvalue weighted by Crippen LogP contribution is 2.23. The third kappa shape index (κ3) is 3.31. The minimum atomic E-state index is -0.497. The van der Waals surface area contributed by atoms with E-state index >= 15 is 0 Å². The van der Waals surface area contributed by atoms with E-state index in [2.05, 4.69) is 15.5 Å². The predicted octanol–water partition coefficient (Wildman–Crippen LogP) is 0.827. The van der Waals surface area contributed by atoms with Crippen molar-refractivity contribution in [3.63, 3.8) is 0 Å². The normalized spacial score (nSPS) is 14.9. The smallest absolute Gasteiger partial charge is 0.292 e. The highest BCUT2D eigenvalue weighted by molar-refractivity contribution is 5.94. The molecule has 0 aliphatic carbocycles. The molecule has 7 nitrogen and oxygen atoms in total. The average molecular weight is 278 g/mol. The quantitative estimate of drug-likeness (QED) is 0.594. The number of para-hydroxylation sites is 2. The van der Waals surface area contributed by atoms with Crippen molar-refractivity contribution in [2.24, 2.45) is 0 Å². The summed E-state index contributed by atoms with van der Waals surface area (Å²) in [6, 6.07) is 6.53. The van der Waals surface area contributed by atoms with E-state index in [1.165, 1.54) is 12.1 Å². The number of nitro groups is 1. The standard InChI is InChI=1S/C13H18N4O3/c1-2-16(10-7-14-8-10)9-13(18)15-11-5-3-4-6-12(11)17(19)20/h3-6,10,14H,2,7-9H2,1H3,(H,15,18). The van der Waals surface area contributed by atoms with Crippen molar-refractivity contribution in [3.8, 4) is 0 Å². The van der Waals surface area contributed by atoms with Gasteiger partial charge in [-0.25, -0.2) is 0 Å². The van der Waals surface area contributed by atoms with Gasteiger partial charge in [-0.2, -0.15) is 0 Å². The summed E-state index contributed by atoms with van der Waals surface area (Å²) < 4.78 is 0. The first-order chi connectivity index (χ1) is 9.61. The van der Waals surface area contributed by atoms with Gasteiger partial charge in [-0.3, -0.25) is 19.8 Å². The average Bonchev–Trinajstić information content (AvgIpc) is 2.36. The van der Waals surface area contributed by atoms with Crippen molar-refractivity contribution >= 4 is 17.3 Å². The van der Waals surface area contributed by atoms with Crippen LogP contribution in [0.1, 0.15) is 6.92 Å². The molecular formula is C13H18N4O3. The van der Waals surface area contributed by atoms with Gasteiger partial charge in [-0.1, -0.05) is 19.1 Å². The van der Waals surface area contributed by atoms with Crippen molar-refractivity contribution in [2.75, 3.05) is 31.5 Å². The van der Waals surface area contributed by atoms with Crippen LogP contribution >= 0.6 is 0 Å². The van der Waals surface area contributed by atoms with Crippen molar-refractivity contribution < 1.29 is 9.72 Å². The van der Waals surface area contributed by atoms with Gasteiger partial charge in [-0.05, 0) is 12.6 Å². The molecule has 1 aromatic carbocycles. The number of carbonyl (C=O) groups excluding carboxylic acids is 1. The van der Waals surface area contributed by atoms with Gasteiger partial charge in [0.1, 0.15) is 5.69 Å². The Morgan fingerprint density at radius 3 is 2.75 bits per heavy atom. The summed E-state index contributed by atoms with van der Waals surface area (Å²) in [5, 5.41) is 16.7. The monoisotopic (exact) mass is 278 g/mol. The SMILES string of the molecule is CCN(CC(=O)Nc1ccccc1[N+](=O)[O-])C1CNC1. The van der Waals surface area contributed by atoms with Gasteiger partial charge in [0.2, 0.25) is 5.91 Å². The van der Waals surface area contributed by atoms with Crippen molar-refractivity contribution in [3.05, 3.63) is 34.4 Å². The lowest BCUT2D eigenvalue weighted by molar-refractivity contribution is -0.383. The van der Waals surface area contributed by atoms with Crippen LogP contribution in [0.4, 0.5) is 11.4 Å². The number of nitrogens with zero attached hydrogens (tertiary/aromatic N) is 2. The molecule has 1 aliphatic heterocycles. The van der Waals surface area contributed by atoms with Crippen LogP contribution in [0.25, 0.3) is 0 Å². The molecule has 1 aliphatic rings. The number of nitrogens with one attached hydrogen (secondary N) is 2. The maximum absolute atomic E-state index is 12.0. The first kappa shape index (κ1) is 14.4. The molecule has 108 valence electrons. The molecule has 0 saturated carbocycles. The summed E-state index contributed by atoms with van der Waals surface area (Å²) >= 11 is 0. The van der Waals surface area contributed by atoms with Crippen LogP contribution in [0.2, 0.25) is 0 Å². The first-order valence-electron chi connectivity index (χ1n) is 6.60. The summed E-state index contributed by atoms with van der Waals surface area (Å²) in [6.45, 7) is 4.78. The number of hydrogen-bond donors (Lipinski definition) is 2.